The van der Waals surface area contributed by atoms with E-state index in [1.165, 1.54) is 0 Å². The molecule has 1 heterocycles. The molecule has 2 N–H and O–H groups in total. The molecule has 0 radical (unpaired) electrons. The lowest BCUT2D eigenvalue weighted by atomic mass is 10.0. The number of anilines is 1. The lowest BCUT2D eigenvalue weighted by molar-refractivity contribution is -0.148. The zero-order valence-electron chi connectivity index (χ0n) is 10.2. The minimum atomic E-state index is -0.787. The highest BCUT2D eigenvalue weighted by Crippen LogP contribution is 2.16. The second kappa shape index (κ2) is 5.18. The normalized spacial score (nSPS) is 16.1. The molecule has 1 amide bonds. The number of hydrogen-bond donors (Lipinski definition) is 2. The fourth-order valence-corrected chi connectivity index (χ4v) is 1.96. The van der Waals surface area contributed by atoms with Gasteiger partial charge in [-0.2, -0.15) is 0 Å². The van der Waals surface area contributed by atoms with Crippen LogP contribution >= 0.6 is 0 Å². The molecule has 0 aromatic heterocycles. The first-order valence-electron chi connectivity index (χ1n) is 5.87. The number of benzene rings is 1. The zero-order chi connectivity index (χ0) is 13.1. The maximum atomic E-state index is 11.7. The van der Waals surface area contributed by atoms with Crippen LogP contribution in [0.15, 0.2) is 24.3 Å². The van der Waals surface area contributed by atoms with Crippen LogP contribution in [-0.4, -0.2) is 41.5 Å². The van der Waals surface area contributed by atoms with Crippen molar-refractivity contribution in [1.29, 1.82) is 0 Å². The lowest BCUT2D eigenvalue weighted by Gasteiger charge is -2.35. The Balaban J connectivity index is 1.80. The maximum Gasteiger partial charge on any atom is 0.309 e. The van der Waals surface area contributed by atoms with Gasteiger partial charge in [-0.15, -0.1) is 0 Å². The number of nitrogens with one attached hydrogen (secondary N) is 1. The van der Waals surface area contributed by atoms with Crippen molar-refractivity contribution in [2.75, 3.05) is 25.0 Å². The van der Waals surface area contributed by atoms with Crippen molar-refractivity contribution in [2.24, 2.45) is 5.92 Å². The Labute approximate surface area is 105 Å². The summed E-state index contributed by atoms with van der Waals surface area (Å²) in [6, 6.07) is 7.56. The van der Waals surface area contributed by atoms with Gasteiger partial charge in [-0.05, 0) is 18.6 Å². The van der Waals surface area contributed by atoms with Crippen LogP contribution in [0.4, 0.5) is 5.69 Å². The fraction of sp³-hybridized carbons (Fsp3) is 0.385. The highest BCUT2D eigenvalue weighted by molar-refractivity contribution is 5.93. The molecule has 1 aliphatic rings. The van der Waals surface area contributed by atoms with Crippen molar-refractivity contribution in [3.8, 4) is 0 Å². The summed E-state index contributed by atoms with van der Waals surface area (Å²) < 4.78 is 0. The van der Waals surface area contributed by atoms with Crippen molar-refractivity contribution in [3.63, 3.8) is 0 Å². The topological polar surface area (TPSA) is 69.6 Å². The molecule has 1 aliphatic heterocycles. The maximum absolute atomic E-state index is 11.7. The first-order valence-corrected chi connectivity index (χ1v) is 5.87. The van der Waals surface area contributed by atoms with Gasteiger partial charge in [-0.25, -0.2) is 0 Å². The molecule has 0 aliphatic carbocycles. The summed E-state index contributed by atoms with van der Waals surface area (Å²) in [6.45, 7) is 3.09. The number of aryl methyl sites for hydroxylation is 1. The van der Waals surface area contributed by atoms with Gasteiger partial charge in [0.1, 0.15) is 0 Å². The van der Waals surface area contributed by atoms with E-state index in [-0.39, 0.29) is 18.4 Å². The van der Waals surface area contributed by atoms with E-state index < -0.39 is 5.97 Å². The average Bonchev–Trinajstić information content (AvgIpc) is 2.25. The summed E-state index contributed by atoms with van der Waals surface area (Å²) in [5.41, 5.74) is 1.82. The van der Waals surface area contributed by atoms with Crippen LogP contribution < -0.4 is 5.32 Å². The Kier molecular flexibility index (Phi) is 3.62. The number of aliphatic carboxylic acids is 1. The summed E-state index contributed by atoms with van der Waals surface area (Å²) in [7, 11) is 0. The molecule has 5 nitrogen and oxygen atoms in total. The highest BCUT2D eigenvalue weighted by atomic mass is 16.4. The molecule has 0 bridgehead atoms. The first-order chi connectivity index (χ1) is 8.56. The number of likely N-dealkylation sites (tertiary alicyclic amines) is 1. The predicted octanol–water partition coefficient (Wildman–Crippen LogP) is 0.950. The van der Waals surface area contributed by atoms with E-state index in [4.69, 9.17) is 5.11 Å². The number of para-hydroxylation sites is 1. The largest absolute Gasteiger partial charge is 0.481 e. The number of nitrogens with zero attached hydrogens (tertiary/aromatic N) is 1. The van der Waals surface area contributed by atoms with E-state index in [2.05, 4.69) is 5.32 Å². The number of carbonyl (C=O) groups excluding carboxylic acids is 1. The highest BCUT2D eigenvalue weighted by Gasteiger charge is 2.33. The second-order valence-electron chi connectivity index (χ2n) is 4.59. The molecule has 1 aromatic carbocycles. The Hall–Kier alpha value is -1.88. The molecule has 96 valence electrons. The summed E-state index contributed by atoms with van der Waals surface area (Å²) in [5.74, 6) is -1.21. The van der Waals surface area contributed by atoms with Crippen LogP contribution in [-0.2, 0) is 9.59 Å². The fourth-order valence-electron chi connectivity index (χ4n) is 1.96. The number of carboxylic acids is 1. The standard InChI is InChI=1S/C13H16N2O3/c1-9-4-2-3-5-11(9)14-12(16)8-15-6-10(7-15)13(17)18/h2-5,10H,6-8H2,1H3,(H,14,16)(H,17,18). The van der Waals surface area contributed by atoms with Gasteiger partial charge in [-0.1, -0.05) is 18.2 Å². The molecule has 0 atom stereocenters. The quantitative estimate of drug-likeness (QED) is 0.832. The molecular weight excluding hydrogens is 232 g/mol. The third-order valence-electron chi connectivity index (χ3n) is 3.09. The molecule has 2 rings (SSSR count). The Morgan fingerprint density at radius 1 is 1.39 bits per heavy atom. The third kappa shape index (κ3) is 2.87. The van der Waals surface area contributed by atoms with Crippen molar-refractivity contribution in [1.82, 2.24) is 4.90 Å². The van der Waals surface area contributed by atoms with Crippen LogP contribution in [0, 0.1) is 12.8 Å². The van der Waals surface area contributed by atoms with Crippen LogP contribution in [0.5, 0.6) is 0 Å². The third-order valence-corrected chi connectivity index (χ3v) is 3.09. The van der Waals surface area contributed by atoms with Crippen molar-refractivity contribution in [2.45, 2.75) is 6.92 Å². The van der Waals surface area contributed by atoms with E-state index in [9.17, 15) is 9.59 Å². The van der Waals surface area contributed by atoms with Crippen LogP contribution in [0.1, 0.15) is 5.56 Å². The zero-order valence-corrected chi connectivity index (χ0v) is 10.2. The summed E-state index contributed by atoms with van der Waals surface area (Å²) >= 11 is 0. The monoisotopic (exact) mass is 248 g/mol. The summed E-state index contributed by atoms with van der Waals surface area (Å²) in [5, 5.41) is 11.6. The molecule has 1 fully saturated rings. The minimum Gasteiger partial charge on any atom is -0.481 e. The van der Waals surface area contributed by atoms with Gasteiger partial charge < -0.3 is 10.4 Å². The van der Waals surface area contributed by atoms with Crippen molar-refractivity contribution < 1.29 is 14.7 Å². The number of amides is 1. The van der Waals surface area contributed by atoms with Gasteiger partial charge in [0.15, 0.2) is 0 Å². The van der Waals surface area contributed by atoms with Crippen LogP contribution in [0.25, 0.3) is 0 Å². The molecular formula is C13H16N2O3. The van der Waals surface area contributed by atoms with E-state index >= 15 is 0 Å². The number of carboxylic acid groups (broad SMARTS) is 1. The SMILES string of the molecule is Cc1ccccc1NC(=O)CN1CC(C(=O)O)C1. The van der Waals surface area contributed by atoms with Gasteiger partial charge in [0.25, 0.3) is 0 Å². The molecule has 18 heavy (non-hydrogen) atoms. The Morgan fingerprint density at radius 3 is 2.67 bits per heavy atom. The molecule has 0 spiro atoms. The number of hydrogen-bond acceptors (Lipinski definition) is 3. The minimum absolute atomic E-state index is 0.104. The van der Waals surface area contributed by atoms with Crippen molar-refractivity contribution in [3.05, 3.63) is 29.8 Å². The smallest absolute Gasteiger partial charge is 0.309 e. The van der Waals surface area contributed by atoms with E-state index in [1.807, 2.05) is 36.1 Å². The van der Waals surface area contributed by atoms with Crippen molar-refractivity contribution >= 4 is 17.6 Å². The van der Waals surface area contributed by atoms with E-state index in [1.54, 1.807) is 0 Å². The first kappa shape index (κ1) is 12.6. The van der Waals surface area contributed by atoms with Gasteiger partial charge in [0.05, 0.1) is 12.5 Å². The van der Waals surface area contributed by atoms with Gasteiger partial charge in [-0.3, -0.25) is 14.5 Å². The van der Waals surface area contributed by atoms with Crippen LogP contribution in [0.2, 0.25) is 0 Å². The van der Waals surface area contributed by atoms with Crippen LogP contribution in [0.3, 0.4) is 0 Å². The summed E-state index contributed by atoms with van der Waals surface area (Å²) in [4.78, 5) is 24.2. The van der Waals surface area contributed by atoms with Gasteiger partial charge >= 0.3 is 5.97 Å². The Morgan fingerprint density at radius 2 is 2.06 bits per heavy atom. The number of carbonyl (C=O) groups is 2. The average molecular weight is 248 g/mol. The second-order valence-corrected chi connectivity index (χ2v) is 4.59. The van der Waals surface area contributed by atoms with E-state index in [0.717, 1.165) is 11.3 Å². The molecule has 1 saturated heterocycles. The predicted molar refractivity (Wildman–Crippen MR) is 67.4 cm³/mol. The number of rotatable bonds is 4. The lowest BCUT2D eigenvalue weighted by Crippen LogP contribution is -2.52. The van der Waals surface area contributed by atoms with Gasteiger partial charge in [0.2, 0.25) is 5.91 Å². The molecule has 0 unspecified atom stereocenters. The Bertz CT molecular complexity index is 467. The molecule has 1 aromatic rings. The summed E-state index contributed by atoms with van der Waals surface area (Å²) in [6.07, 6.45) is 0. The van der Waals surface area contributed by atoms with Gasteiger partial charge in [0, 0.05) is 18.8 Å². The molecule has 5 heteroatoms. The molecule has 0 saturated carbocycles. The van der Waals surface area contributed by atoms with E-state index in [0.29, 0.717) is 13.1 Å².